The molecule has 0 radical (unpaired) electrons. The van der Waals surface area contributed by atoms with E-state index in [0.29, 0.717) is 6.04 Å². The summed E-state index contributed by atoms with van der Waals surface area (Å²) in [4.78, 5) is 2.36. The van der Waals surface area contributed by atoms with Crippen LogP contribution in [0.15, 0.2) is 24.3 Å². The zero-order valence-corrected chi connectivity index (χ0v) is 13.0. The second-order valence-electron chi connectivity index (χ2n) is 7.03. The number of rotatable bonds is 3. The molecule has 1 aliphatic rings. The van der Waals surface area contributed by atoms with E-state index in [4.69, 9.17) is 0 Å². The Morgan fingerprint density at radius 2 is 1.79 bits per heavy atom. The van der Waals surface area contributed by atoms with E-state index in [1.807, 2.05) is 0 Å². The van der Waals surface area contributed by atoms with Crippen LogP contribution in [-0.2, 0) is 5.41 Å². The van der Waals surface area contributed by atoms with Gasteiger partial charge >= 0.3 is 0 Å². The molecule has 106 valence electrons. The Morgan fingerprint density at radius 3 is 2.21 bits per heavy atom. The van der Waals surface area contributed by atoms with Gasteiger partial charge in [-0.3, -0.25) is 0 Å². The predicted octanol–water partition coefficient (Wildman–Crippen LogP) is 3.20. The lowest BCUT2D eigenvalue weighted by Gasteiger charge is -2.30. The average molecular weight is 260 g/mol. The normalized spacial score (nSPS) is 21.9. The molecule has 1 saturated heterocycles. The van der Waals surface area contributed by atoms with Gasteiger partial charge in [0.05, 0.1) is 0 Å². The summed E-state index contributed by atoms with van der Waals surface area (Å²) in [5, 5.41) is 3.49. The molecule has 0 aliphatic carbocycles. The molecule has 1 aromatic rings. The Kier molecular flexibility index (Phi) is 4.32. The van der Waals surface area contributed by atoms with Gasteiger partial charge in [0.15, 0.2) is 0 Å². The maximum atomic E-state index is 3.49. The van der Waals surface area contributed by atoms with Crippen LogP contribution in [0.25, 0.3) is 0 Å². The van der Waals surface area contributed by atoms with Crippen molar-refractivity contribution in [1.29, 1.82) is 0 Å². The molecular formula is C17H28N2. The summed E-state index contributed by atoms with van der Waals surface area (Å²) < 4.78 is 0. The molecular weight excluding hydrogens is 232 g/mol. The average Bonchev–Trinajstić information content (AvgIpc) is 2.82. The van der Waals surface area contributed by atoms with Gasteiger partial charge in [0.2, 0.25) is 0 Å². The molecule has 0 saturated carbocycles. The molecule has 0 aromatic heterocycles. The topological polar surface area (TPSA) is 15.3 Å². The number of benzene rings is 1. The Hall–Kier alpha value is -0.860. The van der Waals surface area contributed by atoms with Crippen LogP contribution in [0.4, 0.5) is 0 Å². The molecule has 1 aliphatic heterocycles. The number of hydrogen-bond donors (Lipinski definition) is 1. The Morgan fingerprint density at radius 1 is 1.16 bits per heavy atom. The first-order chi connectivity index (χ1) is 8.89. The van der Waals surface area contributed by atoms with Crippen molar-refractivity contribution in [2.75, 3.05) is 27.2 Å². The minimum Gasteiger partial charge on any atom is -0.316 e. The van der Waals surface area contributed by atoms with Crippen LogP contribution in [0, 0.1) is 5.92 Å². The highest BCUT2D eigenvalue weighted by atomic mass is 15.1. The predicted molar refractivity (Wildman–Crippen MR) is 82.5 cm³/mol. The molecule has 2 rings (SSSR count). The monoisotopic (exact) mass is 260 g/mol. The maximum absolute atomic E-state index is 3.49. The maximum Gasteiger partial charge on any atom is 0.0382 e. The van der Waals surface area contributed by atoms with E-state index in [2.05, 4.69) is 69.3 Å². The third-order valence-electron chi connectivity index (χ3n) is 4.22. The Balaban J connectivity index is 2.22. The first-order valence-electron chi connectivity index (χ1n) is 7.37. The van der Waals surface area contributed by atoms with E-state index in [1.54, 1.807) is 0 Å². The lowest BCUT2D eigenvalue weighted by molar-refractivity contribution is 0.223. The van der Waals surface area contributed by atoms with E-state index < -0.39 is 0 Å². The summed E-state index contributed by atoms with van der Waals surface area (Å²) in [6.07, 6.45) is 1.28. The fourth-order valence-corrected chi connectivity index (χ4v) is 3.12. The summed E-state index contributed by atoms with van der Waals surface area (Å²) in [5.74, 6) is 0.732. The molecule has 2 atom stereocenters. The highest BCUT2D eigenvalue weighted by Gasteiger charge is 2.28. The second kappa shape index (κ2) is 5.64. The standard InChI is InChI=1S/C17H28N2/c1-17(2,3)15-8-6-13(7-9-15)16(19(4)5)14-10-11-18-12-14/h6-9,14,16,18H,10-12H2,1-5H3. The van der Waals surface area contributed by atoms with Gasteiger partial charge in [0.1, 0.15) is 0 Å². The van der Waals surface area contributed by atoms with E-state index >= 15 is 0 Å². The van der Waals surface area contributed by atoms with Gasteiger partial charge < -0.3 is 10.2 Å². The zero-order chi connectivity index (χ0) is 14.0. The quantitative estimate of drug-likeness (QED) is 0.898. The van der Waals surface area contributed by atoms with Gasteiger partial charge in [0, 0.05) is 6.04 Å². The Bertz CT molecular complexity index is 394. The van der Waals surface area contributed by atoms with Crippen molar-refractivity contribution in [1.82, 2.24) is 10.2 Å². The smallest absolute Gasteiger partial charge is 0.0382 e. The SMILES string of the molecule is CN(C)C(c1ccc(C(C)(C)C)cc1)C1CCNC1. The fourth-order valence-electron chi connectivity index (χ4n) is 3.12. The van der Waals surface area contributed by atoms with Gasteiger partial charge in [-0.05, 0) is 56.1 Å². The van der Waals surface area contributed by atoms with Crippen molar-refractivity contribution in [2.45, 2.75) is 38.6 Å². The molecule has 1 N–H and O–H groups in total. The minimum absolute atomic E-state index is 0.237. The van der Waals surface area contributed by atoms with Crippen molar-refractivity contribution in [3.05, 3.63) is 35.4 Å². The van der Waals surface area contributed by atoms with Gasteiger partial charge in [-0.15, -0.1) is 0 Å². The molecule has 2 nitrogen and oxygen atoms in total. The summed E-state index contributed by atoms with van der Waals surface area (Å²) in [6.45, 7) is 9.12. The molecule has 1 fully saturated rings. The molecule has 1 aromatic carbocycles. The minimum atomic E-state index is 0.237. The van der Waals surface area contributed by atoms with Gasteiger partial charge in [0.25, 0.3) is 0 Å². The number of nitrogens with one attached hydrogen (secondary N) is 1. The van der Waals surface area contributed by atoms with Crippen LogP contribution in [0.5, 0.6) is 0 Å². The van der Waals surface area contributed by atoms with Crippen LogP contribution in [0.3, 0.4) is 0 Å². The molecule has 0 bridgehead atoms. The van der Waals surface area contributed by atoms with Crippen LogP contribution in [0.1, 0.15) is 44.4 Å². The van der Waals surface area contributed by atoms with Crippen molar-refractivity contribution in [3.63, 3.8) is 0 Å². The summed E-state index contributed by atoms with van der Waals surface area (Å²) in [6, 6.07) is 9.78. The van der Waals surface area contributed by atoms with Crippen LogP contribution >= 0.6 is 0 Å². The van der Waals surface area contributed by atoms with Crippen LogP contribution in [0.2, 0.25) is 0 Å². The highest BCUT2D eigenvalue weighted by molar-refractivity contribution is 5.29. The van der Waals surface area contributed by atoms with Crippen molar-refractivity contribution < 1.29 is 0 Å². The van der Waals surface area contributed by atoms with E-state index in [-0.39, 0.29) is 5.41 Å². The number of nitrogens with zero attached hydrogens (tertiary/aromatic N) is 1. The Labute approximate surface area is 118 Å². The largest absolute Gasteiger partial charge is 0.316 e. The third-order valence-corrected chi connectivity index (χ3v) is 4.22. The van der Waals surface area contributed by atoms with E-state index in [0.717, 1.165) is 19.0 Å². The molecule has 0 amide bonds. The van der Waals surface area contributed by atoms with Gasteiger partial charge in [-0.2, -0.15) is 0 Å². The lowest BCUT2D eigenvalue weighted by Crippen LogP contribution is -2.29. The van der Waals surface area contributed by atoms with Gasteiger partial charge in [-0.1, -0.05) is 45.0 Å². The first kappa shape index (κ1) is 14.5. The molecule has 2 heteroatoms. The molecule has 19 heavy (non-hydrogen) atoms. The van der Waals surface area contributed by atoms with Crippen LogP contribution in [-0.4, -0.2) is 32.1 Å². The van der Waals surface area contributed by atoms with Crippen LogP contribution < -0.4 is 5.32 Å². The summed E-state index contributed by atoms with van der Waals surface area (Å²) >= 11 is 0. The molecule has 0 spiro atoms. The second-order valence-corrected chi connectivity index (χ2v) is 7.03. The zero-order valence-electron chi connectivity index (χ0n) is 13.0. The molecule has 2 unspecified atom stereocenters. The van der Waals surface area contributed by atoms with Crippen molar-refractivity contribution >= 4 is 0 Å². The van der Waals surface area contributed by atoms with E-state index in [9.17, 15) is 0 Å². The van der Waals surface area contributed by atoms with Crippen molar-refractivity contribution in [3.8, 4) is 0 Å². The number of hydrogen-bond acceptors (Lipinski definition) is 2. The molecule has 1 heterocycles. The fraction of sp³-hybridized carbons (Fsp3) is 0.647. The highest BCUT2D eigenvalue weighted by Crippen LogP contribution is 2.32. The summed E-state index contributed by atoms with van der Waals surface area (Å²) in [7, 11) is 4.39. The van der Waals surface area contributed by atoms with Gasteiger partial charge in [-0.25, -0.2) is 0 Å². The lowest BCUT2D eigenvalue weighted by atomic mass is 9.84. The van der Waals surface area contributed by atoms with E-state index in [1.165, 1.54) is 17.5 Å². The third kappa shape index (κ3) is 3.37. The first-order valence-corrected chi connectivity index (χ1v) is 7.37. The summed E-state index contributed by atoms with van der Waals surface area (Å²) in [5.41, 5.74) is 3.10. The van der Waals surface area contributed by atoms with Crippen molar-refractivity contribution in [2.24, 2.45) is 5.92 Å².